The molecular formula is C19H19ClFNO4S. The molecule has 2 aromatic carbocycles. The van der Waals surface area contributed by atoms with Gasteiger partial charge in [-0.25, -0.2) is 12.8 Å². The normalized spacial score (nSPS) is 19.4. The molecule has 1 atom stereocenters. The van der Waals surface area contributed by atoms with Gasteiger partial charge in [0.1, 0.15) is 0 Å². The van der Waals surface area contributed by atoms with Crippen molar-refractivity contribution in [3.8, 4) is 5.75 Å². The van der Waals surface area contributed by atoms with Gasteiger partial charge in [-0.2, -0.15) is 0 Å². The third-order valence-electron chi connectivity index (χ3n) is 4.68. The second-order valence-electron chi connectivity index (χ2n) is 6.31. The maximum Gasteiger partial charge on any atom is 0.253 e. The fourth-order valence-corrected chi connectivity index (χ4v) is 5.36. The van der Waals surface area contributed by atoms with Crippen LogP contribution in [0.2, 0.25) is 5.02 Å². The molecule has 0 radical (unpaired) electrons. The van der Waals surface area contributed by atoms with E-state index in [9.17, 15) is 17.6 Å². The second kappa shape index (κ2) is 7.86. The molecule has 1 unspecified atom stereocenters. The molecule has 1 aliphatic heterocycles. The van der Waals surface area contributed by atoms with E-state index in [1.54, 1.807) is 24.3 Å². The molecule has 1 heterocycles. The molecule has 0 aromatic heterocycles. The Labute approximate surface area is 162 Å². The number of methoxy groups -OCH3 is 1. The Morgan fingerprint density at radius 2 is 1.96 bits per heavy atom. The zero-order chi connectivity index (χ0) is 19.6. The van der Waals surface area contributed by atoms with E-state index in [1.165, 1.54) is 24.1 Å². The largest absolute Gasteiger partial charge is 0.494 e. The lowest BCUT2D eigenvalue weighted by atomic mass is 10.1. The van der Waals surface area contributed by atoms with E-state index in [4.69, 9.17) is 16.3 Å². The summed E-state index contributed by atoms with van der Waals surface area (Å²) in [5.41, 5.74) is 0.700. The van der Waals surface area contributed by atoms with Crippen LogP contribution in [0.3, 0.4) is 0 Å². The number of rotatable bonds is 3. The molecule has 1 aliphatic rings. The molecule has 0 aliphatic carbocycles. The molecule has 0 bridgehead atoms. The van der Waals surface area contributed by atoms with Gasteiger partial charge in [-0.3, -0.25) is 4.79 Å². The Morgan fingerprint density at radius 1 is 1.22 bits per heavy atom. The summed E-state index contributed by atoms with van der Waals surface area (Å²) in [6.45, 7) is 0.289. The van der Waals surface area contributed by atoms with Crippen molar-refractivity contribution in [3.63, 3.8) is 0 Å². The minimum atomic E-state index is -3.48. The monoisotopic (exact) mass is 411 g/mol. The highest BCUT2D eigenvalue weighted by Gasteiger charge is 2.34. The average Bonchev–Trinajstić information content (AvgIpc) is 2.80. The lowest BCUT2D eigenvalue weighted by Crippen LogP contribution is -2.33. The molecule has 0 N–H and O–H groups in total. The van der Waals surface area contributed by atoms with Crippen LogP contribution >= 0.6 is 11.6 Å². The number of carbonyl (C=O) groups is 1. The molecule has 0 saturated carbocycles. The maximum absolute atomic E-state index is 13.9. The summed E-state index contributed by atoms with van der Waals surface area (Å²) in [6.07, 6.45) is 0.233. The Balaban J connectivity index is 1.84. The van der Waals surface area contributed by atoms with E-state index < -0.39 is 26.8 Å². The van der Waals surface area contributed by atoms with Crippen LogP contribution in [0.15, 0.2) is 42.5 Å². The van der Waals surface area contributed by atoms with Crippen LogP contribution in [0.5, 0.6) is 5.75 Å². The highest BCUT2D eigenvalue weighted by molar-refractivity contribution is 7.91. The van der Waals surface area contributed by atoms with E-state index in [2.05, 4.69) is 0 Å². The molecule has 1 amide bonds. The number of nitrogens with zero attached hydrogens (tertiary/aromatic N) is 1. The number of carbonyl (C=O) groups excluding carboxylic acids is 1. The summed E-state index contributed by atoms with van der Waals surface area (Å²) < 4.78 is 44.2. The van der Waals surface area contributed by atoms with Gasteiger partial charge in [-0.15, -0.1) is 0 Å². The van der Waals surface area contributed by atoms with E-state index in [0.717, 1.165) is 6.07 Å². The van der Waals surface area contributed by atoms with Gasteiger partial charge in [0, 0.05) is 23.7 Å². The number of sulfone groups is 1. The predicted molar refractivity (Wildman–Crippen MR) is 101 cm³/mol. The standard InChI is InChI=1S/C19H19ClFNO4S/c1-26-17-7-6-13(12-16(17)21)19(23)22-9-8-18(27(24,25)11-10-22)14-4-2-3-5-15(14)20/h2-7,12,18H,8-11H2,1H3. The predicted octanol–water partition coefficient (Wildman–Crippen LogP) is 3.49. The first-order valence-electron chi connectivity index (χ1n) is 8.42. The maximum atomic E-state index is 13.9. The van der Waals surface area contributed by atoms with E-state index in [0.29, 0.717) is 10.6 Å². The third kappa shape index (κ3) is 4.09. The SMILES string of the molecule is COc1ccc(C(=O)N2CCC(c3ccccc3Cl)S(=O)(=O)CC2)cc1F. The van der Waals surface area contributed by atoms with Gasteiger partial charge in [-0.1, -0.05) is 29.8 Å². The first-order chi connectivity index (χ1) is 12.8. The van der Waals surface area contributed by atoms with Crippen LogP contribution in [0.25, 0.3) is 0 Å². The minimum absolute atomic E-state index is 0.0452. The molecule has 3 rings (SSSR count). The van der Waals surface area contributed by atoms with Crippen molar-refractivity contribution in [3.05, 3.63) is 64.4 Å². The number of ether oxygens (including phenoxy) is 1. The molecule has 0 spiro atoms. The molecule has 8 heteroatoms. The topological polar surface area (TPSA) is 63.7 Å². The molecule has 1 saturated heterocycles. The molecule has 1 fully saturated rings. The number of hydrogen-bond donors (Lipinski definition) is 0. The van der Waals surface area contributed by atoms with Crippen LogP contribution in [0, 0.1) is 5.82 Å². The zero-order valence-corrected chi connectivity index (χ0v) is 16.3. The molecule has 5 nitrogen and oxygen atoms in total. The van der Waals surface area contributed by atoms with Gasteiger partial charge in [0.2, 0.25) is 0 Å². The van der Waals surface area contributed by atoms with Gasteiger partial charge < -0.3 is 9.64 Å². The van der Waals surface area contributed by atoms with Crippen LogP contribution in [0.1, 0.15) is 27.6 Å². The minimum Gasteiger partial charge on any atom is -0.494 e. The van der Waals surface area contributed by atoms with E-state index >= 15 is 0 Å². The van der Waals surface area contributed by atoms with Crippen LogP contribution in [-0.4, -0.2) is 45.2 Å². The van der Waals surface area contributed by atoms with Gasteiger partial charge in [0.15, 0.2) is 21.4 Å². The fourth-order valence-electron chi connectivity index (χ4n) is 3.21. The van der Waals surface area contributed by atoms with Crippen molar-refractivity contribution in [2.75, 3.05) is 26.0 Å². The summed E-state index contributed by atoms with van der Waals surface area (Å²) in [5.74, 6) is -1.18. The van der Waals surface area contributed by atoms with E-state index in [-0.39, 0.29) is 36.6 Å². The van der Waals surface area contributed by atoms with Gasteiger partial charge in [-0.05, 0) is 36.2 Å². The summed E-state index contributed by atoms with van der Waals surface area (Å²) in [5, 5.41) is -0.375. The summed E-state index contributed by atoms with van der Waals surface area (Å²) >= 11 is 6.18. The summed E-state index contributed by atoms with van der Waals surface area (Å²) in [7, 11) is -2.13. The Morgan fingerprint density at radius 3 is 2.63 bits per heavy atom. The van der Waals surface area contributed by atoms with Gasteiger partial charge >= 0.3 is 0 Å². The first-order valence-corrected chi connectivity index (χ1v) is 10.5. The number of hydrogen-bond acceptors (Lipinski definition) is 4. The zero-order valence-electron chi connectivity index (χ0n) is 14.7. The quantitative estimate of drug-likeness (QED) is 0.775. The summed E-state index contributed by atoms with van der Waals surface area (Å²) in [4.78, 5) is 14.2. The first kappa shape index (κ1) is 19.6. The Kier molecular flexibility index (Phi) is 5.72. The second-order valence-corrected chi connectivity index (χ2v) is 9.02. The number of halogens is 2. The van der Waals surface area contributed by atoms with Crippen molar-refractivity contribution in [1.29, 1.82) is 0 Å². The molecular weight excluding hydrogens is 393 g/mol. The van der Waals surface area contributed by atoms with Gasteiger partial charge in [0.25, 0.3) is 5.91 Å². The fraction of sp³-hybridized carbons (Fsp3) is 0.316. The molecule has 27 heavy (non-hydrogen) atoms. The highest BCUT2D eigenvalue weighted by Crippen LogP contribution is 2.34. The molecule has 2 aromatic rings. The lowest BCUT2D eigenvalue weighted by molar-refractivity contribution is 0.0766. The number of amides is 1. The Bertz CT molecular complexity index is 964. The van der Waals surface area contributed by atoms with Crippen LogP contribution in [0.4, 0.5) is 4.39 Å². The van der Waals surface area contributed by atoms with E-state index in [1.807, 2.05) is 0 Å². The van der Waals surface area contributed by atoms with Crippen molar-refractivity contribution in [2.24, 2.45) is 0 Å². The smallest absolute Gasteiger partial charge is 0.253 e. The van der Waals surface area contributed by atoms with Crippen molar-refractivity contribution < 1.29 is 22.3 Å². The van der Waals surface area contributed by atoms with Crippen molar-refractivity contribution >= 4 is 27.3 Å². The van der Waals surface area contributed by atoms with Crippen LogP contribution in [-0.2, 0) is 9.84 Å². The average molecular weight is 412 g/mol. The van der Waals surface area contributed by atoms with Crippen molar-refractivity contribution in [2.45, 2.75) is 11.7 Å². The van der Waals surface area contributed by atoms with Gasteiger partial charge in [0.05, 0.1) is 18.1 Å². The number of benzene rings is 2. The van der Waals surface area contributed by atoms with Crippen LogP contribution < -0.4 is 4.74 Å². The third-order valence-corrected chi connectivity index (χ3v) is 7.13. The lowest BCUT2D eigenvalue weighted by Gasteiger charge is -2.20. The Hall–Kier alpha value is -2.12. The van der Waals surface area contributed by atoms with Crippen molar-refractivity contribution in [1.82, 2.24) is 4.90 Å². The summed E-state index contributed by atoms with van der Waals surface area (Å²) in [6, 6.07) is 10.8. The molecule has 144 valence electrons. The highest BCUT2D eigenvalue weighted by atomic mass is 35.5.